The number of aromatic amines is 2. The average molecular weight is 434 g/mol. The van der Waals surface area contributed by atoms with Gasteiger partial charge >= 0.3 is 5.97 Å². The van der Waals surface area contributed by atoms with Gasteiger partial charge in [-0.3, -0.25) is 4.79 Å². The topological polar surface area (TPSA) is 112 Å². The number of rotatable bonds is 4. The van der Waals surface area contributed by atoms with Crippen molar-refractivity contribution in [2.75, 3.05) is 0 Å². The molecule has 0 saturated heterocycles. The first-order chi connectivity index (χ1) is 13.7. The van der Waals surface area contributed by atoms with Crippen LogP contribution in [0.5, 0.6) is 0 Å². The van der Waals surface area contributed by atoms with Crippen molar-refractivity contribution in [1.82, 2.24) is 9.97 Å². The molecular formula is C20H14Cl2FN3O3. The van der Waals surface area contributed by atoms with E-state index in [1.54, 1.807) is 25.1 Å². The number of fused-ring (bicyclic) bond motifs is 2. The Morgan fingerprint density at radius 1 is 1.14 bits per heavy atom. The number of carboxylic acids is 1. The highest BCUT2D eigenvalue weighted by Crippen LogP contribution is 2.42. The van der Waals surface area contributed by atoms with Crippen molar-refractivity contribution in [3.8, 4) is 0 Å². The number of carboxylic acid groups (broad SMARTS) is 1. The van der Waals surface area contributed by atoms with Gasteiger partial charge in [-0.1, -0.05) is 23.2 Å². The molecule has 0 saturated carbocycles. The van der Waals surface area contributed by atoms with E-state index in [-0.39, 0.29) is 27.2 Å². The summed E-state index contributed by atoms with van der Waals surface area (Å²) >= 11 is 12.4. The Labute approximate surface area is 173 Å². The third kappa shape index (κ3) is 2.94. The molecule has 1 atom stereocenters. The van der Waals surface area contributed by atoms with Crippen molar-refractivity contribution >= 4 is 56.9 Å². The van der Waals surface area contributed by atoms with Crippen molar-refractivity contribution in [2.24, 2.45) is 5.73 Å². The van der Waals surface area contributed by atoms with Gasteiger partial charge in [-0.05, 0) is 42.8 Å². The summed E-state index contributed by atoms with van der Waals surface area (Å²) in [5.41, 5.74) is 7.04. The molecule has 2 aromatic heterocycles. The van der Waals surface area contributed by atoms with Crippen molar-refractivity contribution in [1.29, 1.82) is 0 Å². The van der Waals surface area contributed by atoms with Gasteiger partial charge in [-0.2, -0.15) is 0 Å². The van der Waals surface area contributed by atoms with E-state index < -0.39 is 23.6 Å². The van der Waals surface area contributed by atoms with E-state index in [4.69, 9.17) is 28.9 Å². The predicted molar refractivity (Wildman–Crippen MR) is 109 cm³/mol. The first-order valence-corrected chi connectivity index (χ1v) is 9.26. The number of aromatic nitrogens is 2. The fraction of sp³-hybridized carbons (Fsp3) is 0.100. The van der Waals surface area contributed by atoms with Crippen molar-refractivity contribution in [3.05, 3.63) is 68.7 Å². The molecule has 29 heavy (non-hydrogen) atoms. The molecule has 4 rings (SSSR count). The number of carbonyl (C=O) groups excluding carboxylic acids is 1. The Hall–Kier alpha value is -3.03. The second-order valence-electron chi connectivity index (χ2n) is 6.69. The molecule has 0 aliphatic rings. The maximum absolute atomic E-state index is 14.4. The van der Waals surface area contributed by atoms with Gasteiger partial charge in [0, 0.05) is 32.6 Å². The minimum absolute atomic E-state index is 0.117. The molecule has 1 unspecified atom stereocenters. The minimum atomic E-state index is -1.27. The Morgan fingerprint density at radius 2 is 1.86 bits per heavy atom. The largest absolute Gasteiger partial charge is 0.477 e. The number of aryl methyl sites for hydroxylation is 1. The van der Waals surface area contributed by atoms with Gasteiger partial charge in [0.1, 0.15) is 11.5 Å². The minimum Gasteiger partial charge on any atom is -0.477 e. The molecule has 6 nitrogen and oxygen atoms in total. The van der Waals surface area contributed by atoms with E-state index in [1.165, 1.54) is 12.1 Å². The van der Waals surface area contributed by atoms with Gasteiger partial charge in [0.2, 0.25) is 5.91 Å². The number of primary amides is 1. The van der Waals surface area contributed by atoms with Crippen LogP contribution >= 0.6 is 23.2 Å². The summed E-state index contributed by atoms with van der Waals surface area (Å²) in [4.78, 5) is 30.2. The van der Waals surface area contributed by atoms with Crippen LogP contribution in [-0.4, -0.2) is 27.0 Å². The maximum atomic E-state index is 14.4. The molecule has 0 aliphatic carbocycles. The Kier molecular flexibility index (Phi) is 4.52. The molecule has 2 aromatic carbocycles. The number of hydrogen-bond donors (Lipinski definition) is 4. The van der Waals surface area contributed by atoms with Gasteiger partial charge in [-0.25, -0.2) is 9.18 Å². The van der Waals surface area contributed by atoms with Gasteiger partial charge < -0.3 is 20.8 Å². The first-order valence-electron chi connectivity index (χ1n) is 8.50. The van der Waals surface area contributed by atoms with Gasteiger partial charge in [0.15, 0.2) is 0 Å². The summed E-state index contributed by atoms with van der Waals surface area (Å²) < 4.78 is 14.4. The Morgan fingerprint density at radius 3 is 2.52 bits per heavy atom. The van der Waals surface area contributed by atoms with Crippen LogP contribution in [0.15, 0.2) is 30.3 Å². The van der Waals surface area contributed by atoms with E-state index in [0.717, 1.165) is 0 Å². The van der Waals surface area contributed by atoms with E-state index in [0.29, 0.717) is 27.2 Å². The van der Waals surface area contributed by atoms with Crippen LogP contribution in [-0.2, 0) is 4.79 Å². The summed E-state index contributed by atoms with van der Waals surface area (Å²) in [6, 6.07) is 7.34. The molecule has 148 valence electrons. The van der Waals surface area contributed by atoms with E-state index in [2.05, 4.69) is 9.97 Å². The molecule has 0 spiro atoms. The van der Waals surface area contributed by atoms with Crippen molar-refractivity contribution in [2.45, 2.75) is 12.8 Å². The molecule has 0 fully saturated rings. The van der Waals surface area contributed by atoms with Crippen LogP contribution in [0.4, 0.5) is 4.39 Å². The van der Waals surface area contributed by atoms with Crippen LogP contribution in [0.2, 0.25) is 10.0 Å². The lowest BCUT2D eigenvalue weighted by Gasteiger charge is -2.16. The molecule has 9 heteroatoms. The number of H-pyrrole nitrogens is 2. The lowest BCUT2D eigenvalue weighted by atomic mass is 9.86. The molecule has 0 radical (unpaired) electrons. The molecule has 0 bridgehead atoms. The average Bonchev–Trinajstić information content (AvgIpc) is 3.18. The molecule has 2 heterocycles. The summed E-state index contributed by atoms with van der Waals surface area (Å²) in [5.74, 6) is -3.84. The second-order valence-corrected chi connectivity index (χ2v) is 7.53. The number of carbonyl (C=O) groups is 2. The molecular weight excluding hydrogens is 420 g/mol. The molecule has 0 aliphatic heterocycles. The van der Waals surface area contributed by atoms with Crippen molar-refractivity contribution in [3.63, 3.8) is 0 Å². The highest BCUT2D eigenvalue weighted by atomic mass is 35.5. The Bertz CT molecular complexity index is 1330. The lowest BCUT2D eigenvalue weighted by molar-refractivity contribution is -0.118. The SMILES string of the molecule is Cc1[nH]c2c(F)ccc(Cl)c2c1C(C(N)=O)c1c(C(=O)O)[nH]c2ccc(Cl)cc12. The standard InChI is InChI=1S/C20H14Cl2FN3O3/c1-7-13(15-10(22)3-4-11(23)17(15)25-7)16(19(24)27)14-9-6-8(21)2-5-12(9)26-18(14)20(28)29/h2-6,16,25-26H,1H3,(H2,24,27)(H,28,29). The van der Waals surface area contributed by atoms with Gasteiger partial charge in [0.05, 0.1) is 16.5 Å². The normalized spacial score (nSPS) is 12.6. The number of aromatic carboxylic acids is 1. The lowest BCUT2D eigenvalue weighted by Crippen LogP contribution is -2.24. The third-order valence-electron chi connectivity index (χ3n) is 4.97. The molecule has 4 aromatic rings. The third-order valence-corrected chi connectivity index (χ3v) is 5.52. The predicted octanol–water partition coefficient (Wildman–Crippen LogP) is 4.72. The first kappa shape index (κ1) is 19.3. The van der Waals surface area contributed by atoms with Crippen LogP contribution in [0, 0.1) is 12.7 Å². The van der Waals surface area contributed by atoms with Crippen LogP contribution < -0.4 is 5.73 Å². The number of amides is 1. The quantitative estimate of drug-likeness (QED) is 0.373. The smallest absolute Gasteiger partial charge is 0.352 e. The number of hydrogen-bond acceptors (Lipinski definition) is 2. The number of nitrogens with one attached hydrogen (secondary N) is 2. The van der Waals surface area contributed by atoms with E-state index in [1.807, 2.05) is 0 Å². The summed E-state index contributed by atoms with van der Waals surface area (Å²) in [7, 11) is 0. The van der Waals surface area contributed by atoms with E-state index in [9.17, 15) is 19.1 Å². The molecule has 1 amide bonds. The summed E-state index contributed by atoms with van der Waals surface area (Å²) in [6.07, 6.45) is 0. The summed E-state index contributed by atoms with van der Waals surface area (Å²) in [5, 5.41) is 11.0. The maximum Gasteiger partial charge on any atom is 0.352 e. The zero-order valence-electron chi connectivity index (χ0n) is 14.9. The molecule has 5 N–H and O–H groups in total. The monoisotopic (exact) mass is 433 g/mol. The van der Waals surface area contributed by atoms with Crippen LogP contribution in [0.1, 0.15) is 33.2 Å². The van der Waals surface area contributed by atoms with Gasteiger partial charge in [0.25, 0.3) is 0 Å². The highest BCUT2D eigenvalue weighted by molar-refractivity contribution is 6.36. The van der Waals surface area contributed by atoms with Crippen LogP contribution in [0.3, 0.4) is 0 Å². The van der Waals surface area contributed by atoms with E-state index >= 15 is 0 Å². The fourth-order valence-electron chi connectivity index (χ4n) is 3.82. The second kappa shape index (κ2) is 6.79. The highest BCUT2D eigenvalue weighted by Gasteiger charge is 2.34. The summed E-state index contributed by atoms with van der Waals surface area (Å²) in [6.45, 7) is 1.64. The van der Waals surface area contributed by atoms with Gasteiger partial charge in [-0.15, -0.1) is 0 Å². The zero-order valence-corrected chi connectivity index (χ0v) is 16.5. The fourth-order valence-corrected chi connectivity index (χ4v) is 4.25. The van der Waals surface area contributed by atoms with Crippen molar-refractivity contribution < 1.29 is 19.1 Å². The zero-order chi connectivity index (χ0) is 21.0. The van der Waals surface area contributed by atoms with Crippen LogP contribution in [0.25, 0.3) is 21.8 Å². The Balaban J connectivity index is 2.15. The number of benzene rings is 2. The number of halogens is 3. The number of nitrogens with two attached hydrogens (primary N) is 1.